The third kappa shape index (κ3) is 7.13. The molecule has 0 unspecified atom stereocenters. The first-order chi connectivity index (χ1) is 11.5. The Kier molecular flexibility index (Phi) is 9.79. The Balaban J connectivity index is 0.00000312. The molecule has 0 aliphatic carbocycles. The van der Waals surface area contributed by atoms with Crippen molar-refractivity contribution in [2.75, 3.05) is 26.7 Å². The van der Waals surface area contributed by atoms with Crippen molar-refractivity contribution in [2.24, 2.45) is 4.99 Å². The number of hydrogen-bond acceptors (Lipinski definition) is 2. The minimum absolute atomic E-state index is 0. The molecule has 0 amide bonds. The Morgan fingerprint density at radius 2 is 1.92 bits per heavy atom. The zero-order valence-corrected chi connectivity index (χ0v) is 18.8. The smallest absolute Gasteiger partial charge is 0.191 e. The molecule has 142 valence electrons. The van der Waals surface area contributed by atoms with Gasteiger partial charge in [0.15, 0.2) is 5.96 Å². The molecule has 1 fully saturated rings. The summed E-state index contributed by atoms with van der Waals surface area (Å²) in [5.41, 5.74) is 4.11. The largest absolute Gasteiger partial charge is 0.356 e. The number of rotatable bonds is 5. The van der Waals surface area contributed by atoms with E-state index in [1.165, 1.54) is 42.6 Å². The Morgan fingerprint density at radius 3 is 2.48 bits per heavy atom. The predicted octanol–water partition coefficient (Wildman–Crippen LogP) is 3.50. The lowest BCUT2D eigenvalue weighted by Crippen LogP contribution is -2.50. The second-order valence-electron chi connectivity index (χ2n) is 7.23. The minimum atomic E-state index is 0. The van der Waals surface area contributed by atoms with Gasteiger partial charge in [-0.2, -0.15) is 0 Å². The van der Waals surface area contributed by atoms with E-state index in [-0.39, 0.29) is 24.0 Å². The Bertz CT molecular complexity index is 549. The van der Waals surface area contributed by atoms with Crippen molar-refractivity contribution in [3.05, 3.63) is 34.9 Å². The molecule has 0 saturated carbocycles. The Morgan fingerprint density at radius 1 is 1.24 bits per heavy atom. The molecule has 25 heavy (non-hydrogen) atoms. The van der Waals surface area contributed by atoms with Gasteiger partial charge in [0.05, 0.1) is 0 Å². The highest BCUT2D eigenvalue weighted by Gasteiger charge is 2.21. The van der Waals surface area contributed by atoms with Crippen LogP contribution < -0.4 is 10.6 Å². The topological polar surface area (TPSA) is 39.7 Å². The van der Waals surface area contributed by atoms with Crippen LogP contribution in [0.15, 0.2) is 23.2 Å². The van der Waals surface area contributed by atoms with Gasteiger partial charge < -0.3 is 15.5 Å². The molecule has 1 aromatic rings. The van der Waals surface area contributed by atoms with Gasteiger partial charge >= 0.3 is 0 Å². The van der Waals surface area contributed by atoms with Gasteiger partial charge in [0, 0.05) is 38.8 Å². The lowest BCUT2D eigenvalue weighted by atomic mass is 10.0. The highest BCUT2D eigenvalue weighted by molar-refractivity contribution is 14.0. The molecule has 1 saturated heterocycles. The van der Waals surface area contributed by atoms with Crippen LogP contribution >= 0.6 is 24.0 Å². The molecule has 0 radical (unpaired) electrons. The van der Waals surface area contributed by atoms with E-state index in [9.17, 15) is 0 Å². The zero-order chi connectivity index (χ0) is 17.5. The van der Waals surface area contributed by atoms with Gasteiger partial charge in [-0.3, -0.25) is 4.99 Å². The first-order valence-electron chi connectivity index (χ1n) is 9.27. The fourth-order valence-corrected chi connectivity index (χ4v) is 3.39. The number of aryl methyl sites for hydroxylation is 2. The van der Waals surface area contributed by atoms with E-state index in [0.717, 1.165) is 18.9 Å². The van der Waals surface area contributed by atoms with Gasteiger partial charge in [-0.25, -0.2) is 0 Å². The molecule has 1 aliphatic heterocycles. The predicted molar refractivity (Wildman–Crippen MR) is 119 cm³/mol. The summed E-state index contributed by atoms with van der Waals surface area (Å²) in [5.74, 6) is 0.933. The second-order valence-corrected chi connectivity index (χ2v) is 7.23. The van der Waals surface area contributed by atoms with Crippen LogP contribution in [0.1, 0.15) is 43.4 Å². The summed E-state index contributed by atoms with van der Waals surface area (Å²) < 4.78 is 0. The highest BCUT2D eigenvalue weighted by atomic mass is 127. The number of benzene rings is 1. The first kappa shape index (κ1) is 22.2. The Hall–Kier alpha value is -0.820. The fourth-order valence-electron chi connectivity index (χ4n) is 3.39. The van der Waals surface area contributed by atoms with Crippen LogP contribution in [0.5, 0.6) is 0 Å². The van der Waals surface area contributed by atoms with Gasteiger partial charge in [0.2, 0.25) is 0 Å². The highest BCUT2D eigenvalue weighted by Crippen LogP contribution is 2.13. The van der Waals surface area contributed by atoms with Gasteiger partial charge in [-0.1, -0.05) is 23.8 Å². The molecule has 2 N–H and O–H groups in total. The standard InChI is InChI=1S/C20H34N4.HI/c1-15(2)24-12-9-19(10-13-24)23-20(21-5)22-11-8-18-7-6-16(3)14-17(18)4;/h6-7,14-15,19H,8-13H2,1-5H3,(H2,21,22,23);1H. The number of aliphatic imine (C=N–C) groups is 1. The molecule has 1 aromatic carbocycles. The number of halogens is 1. The lowest BCUT2D eigenvalue weighted by molar-refractivity contribution is 0.167. The van der Waals surface area contributed by atoms with Crippen LogP contribution in [0.4, 0.5) is 0 Å². The van der Waals surface area contributed by atoms with Crippen molar-refractivity contribution in [1.29, 1.82) is 0 Å². The van der Waals surface area contributed by atoms with E-state index in [2.05, 4.69) is 66.4 Å². The molecular weight excluding hydrogens is 423 g/mol. The minimum Gasteiger partial charge on any atom is -0.356 e. The molecule has 0 aromatic heterocycles. The van der Waals surface area contributed by atoms with Gasteiger partial charge in [-0.15, -0.1) is 24.0 Å². The van der Waals surface area contributed by atoms with Crippen molar-refractivity contribution in [3.63, 3.8) is 0 Å². The summed E-state index contributed by atoms with van der Waals surface area (Å²) in [6, 6.07) is 7.88. The second kappa shape index (κ2) is 11.0. The van der Waals surface area contributed by atoms with Crippen molar-refractivity contribution in [1.82, 2.24) is 15.5 Å². The number of guanidine groups is 1. The first-order valence-corrected chi connectivity index (χ1v) is 9.27. The lowest BCUT2D eigenvalue weighted by Gasteiger charge is -2.35. The van der Waals surface area contributed by atoms with Crippen molar-refractivity contribution >= 4 is 29.9 Å². The van der Waals surface area contributed by atoms with E-state index >= 15 is 0 Å². The van der Waals surface area contributed by atoms with Crippen LogP contribution in [0.2, 0.25) is 0 Å². The van der Waals surface area contributed by atoms with Crippen LogP contribution in [0, 0.1) is 13.8 Å². The SMILES string of the molecule is CN=C(NCCc1ccc(C)cc1C)NC1CCN(C(C)C)CC1.I. The molecule has 0 bridgehead atoms. The maximum absolute atomic E-state index is 4.38. The fraction of sp³-hybridized carbons (Fsp3) is 0.650. The molecule has 0 spiro atoms. The van der Waals surface area contributed by atoms with E-state index in [1.54, 1.807) is 0 Å². The molecule has 5 heteroatoms. The number of nitrogens with zero attached hydrogens (tertiary/aromatic N) is 2. The molecule has 1 aliphatic rings. The van der Waals surface area contributed by atoms with Crippen LogP contribution in [-0.2, 0) is 6.42 Å². The van der Waals surface area contributed by atoms with E-state index in [1.807, 2.05) is 7.05 Å². The van der Waals surface area contributed by atoms with E-state index in [4.69, 9.17) is 0 Å². The van der Waals surface area contributed by atoms with E-state index in [0.29, 0.717) is 12.1 Å². The Labute approximate surface area is 170 Å². The van der Waals surface area contributed by atoms with Crippen LogP contribution in [-0.4, -0.2) is 49.6 Å². The third-order valence-corrected chi connectivity index (χ3v) is 5.01. The summed E-state index contributed by atoms with van der Waals surface area (Å²) >= 11 is 0. The third-order valence-electron chi connectivity index (χ3n) is 5.01. The van der Waals surface area contributed by atoms with Crippen molar-refractivity contribution in [2.45, 2.75) is 59.0 Å². The number of piperidine rings is 1. The van der Waals surface area contributed by atoms with E-state index < -0.39 is 0 Å². The van der Waals surface area contributed by atoms with Gasteiger partial charge in [0.25, 0.3) is 0 Å². The average molecular weight is 458 g/mol. The quantitative estimate of drug-likeness (QED) is 0.403. The zero-order valence-electron chi connectivity index (χ0n) is 16.4. The van der Waals surface area contributed by atoms with Crippen LogP contribution in [0.25, 0.3) is 0 Å². The molecule has 4 nitrogen and oxygen atoms in total. The van der Waals surface area contributed by atoms with Gasteiger partial charge in [-0.05, 0) is 58.1 Å². The summed E-state index contributed by atoms with van der Waals surface area (Å²) in [4.78, 5) is 6.93. The average Bonchev–Trinajstić information content (AvgIpc) is 2.56. The summed E-state index contributed by atoms with van der Waals surface area (Å²) in [7, 11) is 1.86. The molecule has 2 rings (SSSR count). The number of hydrogen-bond donors (Lipinski definition) is 2. The number of likely N-dealkylation sites (tertiary alicyclic amines) is 1. The van der Waals surface area contributed by atoms with Crippen molar-refractivity contribution < 1.29 is 0 Å². The molecular formula is C20H35IN4. The maximum atomic E-state index is 4.38. The monoisotopic (exact) mass is 458 g/mol. The number of nitrogens with one attached hydrogen (secondary N) is 2. The summed E-state index contributed by atoms with van der Waals surface area (Å²) in [6.07, 6.45) is 3.41. The molecule has 0 atom stereocenters. The summed E-state index contributed by atoms with van der Waals surface area (Å²) in [6.45, 7) is 12.2. The van der Waals surface area contributed by atoms with Gasteiger partial charge in [0.1, 0.15) is 0 Å². The summed E-state index contributed by atoms with van der Waals surface area (Å²) in [5, 5.41) is 7.05. The van der Waals surface area contributed by atoms with Crippen molar-refractivity contribution in [3.8, 4) is 0 Å². The van der Waals surface area contributed by atoms with Crippen LogP contribution in [0.3, 0.4) is 0 Å². The molecule has 1 heterocycles. The maximum Gasteiger partial charge on any atom is 0.191 e. The normalized spacial score (nSPS) is 16.6.